The van der Waals surface area contributed by atoms with Gasteiger partial charge in [0.2, 0.25) is 5.78 Å². The summed E-state index contributed by atoms with van der Waals surface area (Å²) in [5.74, 6) is 1.05. The van der Waals surface area contributed by atoms with Gasteiger partial charge in [0.05, 0.1) is 10.9 Å². The Morgan fingerprint density at radius 2 is 1.85 bits per heavy atom. The van der Waals surface area contributed by atoms with E-state index in [1.54, 1.807) is 4.57 Å². The van der Waals surface area contributed by atoms with Crippen LogP contribution >= 0.6 is 11.8 Å². The highest BCUT2D eigenvalue weighted by atomic mass is 32.2. The van der Waals surface area contributed by atoms with Crippen molar-refractivity contribution in [3.63, 3.8) is 0 Å². The van der Waals surface area contributed by atoms with E-state index in [-0.39, 0.29) is 11.3 Å². The molecule has 0 unspecified atom stereocenters. The van der Waals surface area contributed by atoms with Crippen LogP contribution in [-0.4, -0.2) is 24.3 Å². The van der Waals surface area contributed by atoms with Gasteiger partial charge in [0, 0.05) is 29.8 Å². The summed E-state index contributed by atoms with van der Waals surface area (Å²) >= 11 is 1.43. The van der Waals surface area contributed by atoms with Crippen LogP contribution in [-0.2, 0) is 18.7 Å². The van der Waals surface area contributed by atoms with Crippen molar-refractivity contribution in [3.8, 4) is 5.75 Å². The number of phenols is 1. The minimum atomic E-state index is -0.477. The standard InChI is InChI=1S/C24H22N4O4S/c1-3-9-27-22(31)16-7-5-6-8-18(16)28-23(27)25-26-24(28)33-13-15-11-21(30)32-20-12-19(29)14(4-2)10-17(15)20/h5-8,10-12,29H,3-4,9,13H2,1-2H3. The number of aromatic hydroxyl groups is 1. The number of phenolic OH excluding ortho intramolecular Hbond substituents is 1. The van der Waals surface area contributed by atoms with Crippen LogP contribution in [0.2, 0.25) is 0 Å². The molecular weight excluding hydrogens is 440 g/mol. The van der Waals surface area contributed by atoms with Crippen LogP contribution in [0, 0.1) is 0 Å². The molecule has 0 radical (unpaired) electrons. The molecule has 33 heavy (non-hydrogen) atoms. The molecule has 2 aromatic carbocycles. The van der Waals surface area contributed by atoms with Crippen molar-refractivity contribution < 1.29 is 9.52 Å². The molecule has 3 aromatic heterocycles. The van der Waals surface area contributed by atoms with Gasteiger partial charge in [0.1, 0.15) is 11.3 Å². The Kier molecular flexibility index (Phi) is 5.41. The molecule has 0 aliphatic rings. The number of rotatable bonds is 6. The molecule has 5 rings (SSSR count). The van der Waals surface area contributed by atoms with E-state index >= 15 is 0 Å². The summed E-state index contributed by atoms with van der Waals surface area (Å²) in [6, 6.07) is 12.3. The predicted molar refractivity (Wildman–Crippen MR) is 128 cm³/mol. The summed E-state index contributed by atoms with van der Waals surface area (Å²) in [6.45, 7) is 4.51. The van der Waals surface area contributed by atoms with Crippen molar-refractivity contribution in [3.05, 3.63) is 74.4 Å². The van der Waals surface area contributed by atoms with Crippen LogP contribution in [0.5, 0.6) is 5.75 Å². The Bertz CT molecular complexity index is 1630. The molecule has 0 aliphatic heterocycles. The van der Waals surface area contributed by atoms with Crippen molar-refractivity contribution in [2.75, 3.05) is 0 Å². The van der Waals surface area contributed by atoms with Gasteiger partial charge in [-0.15, -0.1) is 10.2 Å². The average molecular weight is 463 g/mol. The van der Waals surface area contributed by atoms with E-state index in [1.165, 1.54) is 23.9 Å². The molecule has 0 bridgehead atoms. The zero-order valence-electron chi connectivity index (χ0n) is 18.2. The van der Waals surface area contributed by atoms with Gasteiger partial charge in [-0.1, -0.05) is 37.7 Å². The first-order valence-electron chi connectivity index (χ1n) is 10.8. The lowest BCUT2D eigenvalue weighted by Crippen LogP contribution is -2.23. The minimum absolute atomic E-state index is 0.0811. The lowest BCUT2D eigenvalue weighted by Gasteiger charge is -2.11. The highest BCUT2D eigenvalue weighted by molar-refractivity contribution is 7.98. The van der Waals surface area contributed by atoms with Gasteiger partial charge in [0.15, 0.2) is 5.16 Å². The highest BCUT2D eigenvalue weighted by Crippen LogP contribution is 2.31. The number of para-hydroxylation sites is 1. The van der Waals surface area contributed by atoms with Crippen molar-refractivity contribution in [1.29, 1.82) is 0 Å². The molecule has 9 heteroatoms. The molecule has 0 saturated heterocycles. The third kappa shape index (κ3) is 3.58. The Balaban J connectivity index is 1.64. The molecule has 168 valence electrons. The molecule has 5 aromatic rings. The fraction of sp³-hybridized carbons (Fsp3) is 0.250. The molecule has 8 nitrogen and oxygen atoms in total. The van der Waals surface area contributed by atoms with Gasteiger partial charge in [-0.3, -0.25) is 13.8 Å². The lowest BCUT2D eigenvalue weighted by molar-refractivity contribution is 0.466. The first-order valence-corrected chi connectivity index (χ1v) is 11.8. The number of fused-ring (bicyclic) bond motifs is 4. The third-order valence-corrected chi connectivity index (χ3v) is 6.67. The van der Waals surface area contributed by atoms with E-state index in [0.717, 1.165) is 28.5 Å². The second-order valence-electron chi connectivity index (χ2n) is 7.80. The fourth-order valence-electron chi connectivity index (χ4n) is 4.10. The van der Waals surface area contributed by atoms with Crippen molar-refractivity contribution in [2.24, 2.45) is 0 Å². The maximum atomic E-state index is 13.0. The van der Waals surface area contributed by atoms with Crippen molar-refractivity contribution in [1.82, 2.24) is 19.2 Å². The molecule has 1 N–H and O–H groups in total. The molecule has 0 atom stereocenters. The maximum absolute atomic E-state index is 13.0. The smallest absolute Gasteiger partial charge is 0.336 e. The van der Waals surface area contributed by atoms with Gasteiger partial charge < -0.3 is 9.52 Å². The molecule has 0 fully saturated rings. The summed E-state index contributed by atoms with van der Waals surface area (Å²) in [6.07, 6.45) is 1.45. The van der Waals surface area contributed by atoms with Gasteiger partial charge in [-0.05, 0) is 42.2 Å². The van der Waals surface area contributed by atoms with Crippen LogP contribution < -0.4 is 11.2 Å². The monoisotopic (exact) mass is 462 g/mol. The first-order chi connectivity index (χ1) is 16.0. The lowest BCUT2D eigenvalue weighted by atomic mass is 10.1. The normalized spacial score (nSPS) is 11.7. The second-order valence-corrected chi connectivity index (χ2v) is 8.74. The number of benzene rings is 2. The second kappa shape index (κ2) is 8.40. The first kappa shape index (κ1) is 21.3. The van der Waals surface area contributed by atoms with Crippen molar-refractivity contribution in [2.45, 2.75) is 44.1 Å². The summed E-state index contributed by atoms with van der Waals surface area (Å²) in [7, 11) is 0. The van der Waals surface area contributed by atoms with E-state index in [4.69, 9.17) is 4.42 Å². The molecule has 0 amide bonds. The van der Waals surface area contributed by atoms with Crippen LogP contribution in [0.1, 0.15) is 31.4 Å². The zero-order valence-corrected chi connectivity index (χ0v) is 19.1. The van der Waals surface area contributed by atoms with Crippen LogP contribution in [0.3, 0.4) is 0 Å². The average Bonchev–Trinajstić information content (AvgIpc) is 3.23. The topological polar surface area (TPSA) is 103 Å². The van der Waals surface area contributed by atoms with E-state index < -0.39 is 5.63 Å². The number of hydrogen-bond donors (Lipinski definition) is 1. The van der Waals surface area contributed by atoms with E-state index in [0.29, 0.717) is 40.6 Å². The number of hydrogen-bond acceptors (Lipinski definition) is 7. The quantitative estimate of drug-likeness (QED) is 0.299. The summed E-state index contributed by atoms with van der Waals surface area (Å²) in [5.41, 5.74) is 2.10. The zero-order chi connectivity index (χ0) is 23.1. The number of nitrogens with zero attached hydrogens (tertiary/aromatic N) is 4. The van der Waals surface area contributed by atoms with E-state index in [2.05, 4.69) is 10.2 Å². The summed E-state index contributed by atoms with van der Waals surface area (Å²) in [4.78, 5) is 25.1. The summed E-state index contributed by atoms with van der Waals surface area (Å²) in [5, 5.41) is 20.9. The van der Waals surface area contributed by atoms with Crippen LogP contribution in [0.15, 0.2) is 61.6 Å². The Hall–Kier alpha value is -3.59. The van der Waals surface area contributed by atoms with Gasteiger partial charge in [-0.25, -0.2) is 4.79 Å². The molecular formula is C24H22N4O4S. The molecule has 0 spiro atoms. The third-order valence-electron chi connectivity index (χ3n) is 5.69. The predicted octanol–water partition coefficient (Wildman–Crippen LogP) is 4.12. The van der Waals surface area contributed by atoms with Gasteiger partial charge >= 0.3 is 5.63 Å². The number of thioether (sulfide) groups is 1. The fourth-order valence-corrected chi connectivity index (χ4v) is 5.04. The molecule has 0 aliphatic carbocycles. The molecule has 0 saturated carbocycles. The maximum Gasteiger partial charge on any atom is 0.336 e. The number of aryl methyl sites for hydroxylation is 2. The Morgan fingerprint density at radius 1 is 1.03 bits per heavy atom. The largest absolute Gasteiger partial charge is 0.508 e. The van der Waals surface area contributed by atoms with E-state index in [1.807, 2.05) is 48.6 Å². The number of aromatic nitrogens is 4. The minimum Gasteiger partial charge on any atom is -0.508 e. The van der Waals surface area contributed by atoms with Gasteiger partial charge in [-0.2, -0.15) is 0 Å². The SMILES string of the molecule is CCCn1c(=O)c2ccccc2n2c(SCc3cc(=O)oc4cc(O)c(CC)cc34)nnc12. The highest BCUT2D eigenvalue weighted by Gasteiger charge is 2.17. The summed E-state index contributed by atoms with van der Waals surface area (Å²) < 4.78 is 8.86. The van der Waals surface area contributed by atoms with Crippen LogP contribution in [0.4, 0.5) is 0 Å². The van der Waals surface area contributed by atoms with Gasteiger partial charge in [0.25, 0.3) is 5.56 Å². The molecule has 3 heterocycles. The Morgan fingerprint density at radius 3 is 2.64 bits per heavy atom. The van der Waals surface area contributed by atoms with Crippen LogP contribution in [0.25, 0.3) is 27.6 Å². The Labute approximate surface area is 192 Å². The van der Waals surface area contributed by atoms with E-state index in [9.17, 15) is 14.7 Å². The van der Waals surface area contributed by atoms with Crippen molar-refractivity contribution >= 4 is 39.4 Å².